The van der Waals surface area contributed by atoms with Crippen LogP contribution in [-0.4, -0.2) is 13.7 Å². The van der Waals surface area contributed by atoms with Gasteiger partial charge < -0.3 is 14.8 Å². The van der Waals surface area contributed by atoms with Gasteiger partial charge >= 0.3 is 0 Å². The number of hydrogen-bond acceptors (Lipinski definition) is 3. The van der Waals surface area contributed by atoms with Gasteiger partial charge in [0.05, 0.1) is 6.04 Å². The Labute approximate surface area is 123 Å². The molecule has 2 aromatic carbocycles. The van der Waals surface area contributed by atoms with E-state index in [1.165, 1.54) is 12.1 Å². The van der Waals surface area contributed by atoms with Crippen molar-refractivity contribution in [3.63, 3.8) is 0 Å². The van der Waals surface area contributed by atoms with Gasteiger partial charge in [-0.3, -0.25) is 0 Å². The van der Waals surface area contributed by atoms with E-state index in [4.69, 9.17) is 9.47 Å². The Morgan fingerprint density at radius 1 is 1.29 bits per heavy atom. The molecule has 1 unspecified atom stereocenters. The first-order valence-electron chi connectivity index (χ1n) is 6.99. The molecular weight excluding hydrogens is 269 g/mol. The summed E-state index contributed by atoms with van der Waals surface area (Å²) in [6.07, 6.45) is 0. The van der Waals surface area contributed by atoms with E-state index in [9.17, 15) is 4.39 Å². The standard InChI is InChI=1S/C17H18FNO2/c1-11-3-4-13(18)7-12(11)9-20-14-5-6-15-16(19-2)10-21-17(15)8-14/h3-8,16,19H,9-10H2,1-2H3. The molecule has 0 bridgehead atoms. The molecule has 21 heavy (non-hydrogen) atoms. The summed E-state index contributed by atoms with van der Waals surface area (Å²) in [5, 5.41) is 3.20. The molecule has 1 N–H and O–H groups in total. The van der Waals surface area contributed by atoms with E-state index >= 15 is 0 Å². The summed E-state index contributed by atoms with van der Waals surface area (Å²) in [6, 6.07) is 10.8. The van der Waals surface area contributed by atoms with Gasteiger partial charge in [-0.25, -0.2) is 4.39 Å². The van der Waals surface area contributed by atoms with Crippen LogP contribution in [0.25, 0.3) is 0 Å². The highest BCUT2D eigenvalue weighted by Crippen LogP contribution is 2.35. The third-order valence-electron chi connectivity index (χ3n) is 3.82. The van der Waals surface area contributed by atoms with Gasteiger partial charge in [-0.05, 0) is 49.4 Å². The Morgan fingerprint density at radius 3 is 2.95 bits per heavy atom. The smallest absolute Gasteiger partial charge is 0.127 e. The number of fused-ring (bicyclic) bond motifs is 1. The van der Waals surface area contributed by atoms with Crippen LogP contribution in [0.1, 0.15) is 22.7 Å². The van der Waals surface area contributed by atoms with E-state index in [0.29, 0.717) is 13.2 Å². The second-order valence-electron chi connectivity index (χ2n) is 5.21. The molecular formula is C17H18FNO2. The van der Waals surface area contributed by atoms with Crippen molar-refractivity contribution in [2.75, 3.05) is 13.7 Å². The fourth-order valence-corrected chi connectivity index (χ4v) is 2.48. The molecule has 3 nitrogen and oxygen atoms in total. The molecule has 3 rings (SSSR count). The van der Waals surface area contributed by atoms with Crippen LogP contribution in [0.3, 0.4) is 0 Å². The Kier molecular flexibility index (Phi) is 3.80. The van der Waals surface area contributed by atoms with Gasteiger partial charge in [-0.15, -0.1) is 0 Å². The molecule has 1 aliphatic heterocycles. The monoisotopic (exact) mass is 287 g/mol. The zero-order chi connectivity index (χ0) is 14.8. The zero-order valence-electron chi connectivity index (χ0n) is 12.2. The molecule has 2 aromatic rings. The quantitative estimate of drug-likeness (QED) is 0.935. The number of aryl methyl sites for hydroxylation is 1. The molecule has 0 radical (unpaired) electrons. The first kappa shape index (κ1) is 13.9. The first-order chi connectivity index (χ1) is 10.2. The van der Waals surface area contributed by atoms with Crippen molar-refractivity contribution in [3.8, 4) is 11.5 Å². The fourth-order valence-electron chi connectivity index (χ4n) is 2.48. The maximum Gasteiger partial charge on any atom is 0.127 e. The van der Waals surface area contributed by atoms with Crippen molar-refractivity contribution >= 4 is 0 Å². The topological polar surface area (TPSA) is 30.5 Å². The second-order valence-corrected chi connectivity index (χ2v) is 5.21. The van der Waals surface area contributed by atoms with Crippen molar-refractivity contribution in [1.29, 1.82) is 0 Å². The zero-order valence-corrected chi connectivity index (χ0v) is 12.2. The highest BCUT2D eigenvalue weighted by Gasteiger charge is 2.22. The fraction of sp³-hybridized carbons (Fsp3) is 0.294. The number of ether oxygens (including phenoxy) is 2. The van der Waals surface area contributed by atoms with E-state index in [1.54, 1.807) is 6.07 Å². The largest absolute Gasteiger partial charge is 0.491 e. The third-order valence-corrected chi connectivity index (χ3v) is 3.82. The second kappa shape index (κ2) is 5.74. The summed E-state index contributed by atoms with van der Waals surface area (Å²) in [5.41, 5.74) is 3.01. The Hall–Kier alpha value is -2.07. The van der Waals surface area contributed by atoms with Gasteiger partial charge in [0.1, 0.15) is 30.5 Å². The van der Waals surface area contributed by atoms with E-state index in [2.05, 4.69) is 5.32 Å². The molecule has 1 aliphatic rings. The first-order valence-corrected chi connectivity index (χ1v) is 6.99. The maximum atomic E-state index is 13.3. The van der Waals surface area contributed by atoms with Gasteiger partial charge in [-0.2, -0.15) is 0 Å². The predicted octanol–water partition coefficient (Wildman–Crippen LogP) is 3.37. The molecule has 0 spiro atoms. The average Bonchev–Trinajstić information content (AvgIpc) is 2.90. The van der Waals surface area contributed by atoms with Crippen molar-refractivity contribution in [2.24, 2.45) is 0 Å². The molecule has 0 aromatic heterocycles. The third kappa shape index (κ3) is 2.85. The Bertz CT molecular complexity index is 657. The lowest BCUT2D eigenvalue weighted by Crippen LogP contribution is -2.17. The average molecular weight is 287 g/mol. The predicted molar refractivity (Wildman–Crippen MR) is 79.2 cm³/mol. The van der Waals surface area contributed by atoms with Crippen LogP contribution < -0.4 is 14.8 Å². The lowest BCUT2D eigenvalue weighted by Gasteiger charge is -2.10. The molecule has 4 heteroatoms. The normalized spacial score (nSPS) is 16.4. The van der Waals surface area contributed by atoms with Crippen LogP contribution in [0.15, 0.2) is 36.4 Å². The lowest BCUT2D eigenvalue weighted by molar-refractivity contribution is 0.297. The van der Waals surface area contributed by atoms with Gasteiger partial charge in [0.15, 0.2) is 0 Å². The minimum Gasteiger partial charge on any atom is -0.491 e. The van der Waals surface area contributed by atoms with Gasteiger partial charge in [0, 0.05) is 11.6 Å². The number of nitrogens with one attached hydrogen (secondary N) is 1. The Balaban J connectivity index is 1.73. The van der Waals surface area contributed by atoms with Crippen LogP contribution in [0.5, 0.6) is 11.5 Å². The Morgan fingerprint density at radius 2 is 2.14 bits per heavy atom. The number of rotatable bonds is 4. The van der Waals surface area contributed by atoms with Crippen molar-refractivity contribution in [3.05, 3.63) is 58.9 Å². The summed E-state index contributed by atoms with van der Waals surface area (Å²) in [4.78, 5) is 0. The van der Waals surface area contributed by atoms with Crippen LogP contribution >= 0.6 is 0 Å². The maximum absolute atomic E-state index is 13.3. The van der Waals surface area contributed by atoms with Gasteiger partial charge in [0.25, 0.3) is 0 Å². The van der Waals surface area contributed by atoms with Crippen LogP contribution in [0.4, 0.5) is 4.39 Å². The molecule has 0 fully saturated rings. The molecule has 0 saturated heterocycles. The number of likely N-dealkylation sites (N-methyl/N-ethyl adjacent to an activating group) is 1. The minimum atomic E-state index is -0.242. The van der Waals surface area contributed by atoms with Crippen molar-refractivity contribution in [2.45, 2.75) is 19.6 Å². The summed E-state index contributed by atoms with van der Waals surface area (Å²) in [6.45, 7) is 2.93. The van der Waals surface area contributed by atoms with E-state index in [0.717, 1.165) is 28.2 Å². The van der Waals surface area contributed by atoms with Gasteiger partial charge in [-0.1, -0.05) is 6.07 Å². The lowest BCUT2D eigenvalue weighted by atomic mass is 10.1. The van der Waals surface area contributed by atoms with Crippen molar-refractivity contribution < 1.29 is 13.9 Å². The van der Waals surface area contributed by atoms with Crippen molar-refractivity contribution in [1.82, 2.24) is 5.32 Å². The molecule has 0 amide bonds. The van der Waals surface area contributed by atoms with E-state index < -0.39 is 0 Å². The number of halogens is 1. The minimum absolute atomic E-state index is 0.236. The summed E-state index contributed by atoms with van der Waals surface area (Å²) < 4.78 is 24.6. The number of hydrogen-bond donors (Lipinski definition) is 1. The molecule has 0 aliphatic carbocycles. The summed E-state index contributed by atoms with van der Waals surface area (Å²) in [7, 11) is 1.92. The van der Waals surface area contributed by atoms with Crippen LogP contribution in [0, 0.1) is 12.7 Å². The van der Waals surface area contributed by atoms with E-state index in [-0.39, 0.29) is 11.9 Å². The highest BCUT2D eigenvalue weighted by atomic mass is 19.1. The van der Waals surface area contributed by atoms with Crippen LogP contribution in [0.2, 0.25) is 0 Å². The molecule has 0 saturated carbocycles. The molecule has 1 heterocycles. The van der Waals surface area contributed by atoms with E-state index in [1.807, 2.05) is 32.2 Å². The SMILES string of the molecule is CNC1COc2cc(OCc3cc(F)ccc3C)ccc21. The molecule has 1 atom stereocenters. The van der Waals surface area contributed by atoms with Gasteiger partial charge in [0.2, 0.25) is 0 Å². The highest BCUT2D eigenvalue weighted by molar-refractivity contribution is 5.45. The molecule has 110 valence electrons. The number of benzene rings is 2. The summed E-state index contributed by atoms with van der Waals surface area (Å²) >= 11 is 0. The van der Waals surface area contributed by atoms with Crippen LogP contribution in [-0.2, 0) is 6.61 Å². The summed E-state index contributed by atoms with van der Waals surface area (Å²) in [5.74, 6) is 1.34.